The summed E-state index contributed by atoms with van der Waals surface area (Å²) in [6.45, 7) is 7.13. The molecular weight excluding hydrogens is 434 g/mol. The number of carbonyl (C=O) groups is 2. The fraction of sp³-hybridized carbons (Fsp3) is 0.480. The summed E-state index contributed by atoms with van der Waals surface area (Å²) in [6.07, 6.45) is 1.31. The molecule has 184 valence electrons. The number of hydrogen-bond donors (Lipinski definition) is 1. The Kier molecular flexibility index (Phi) is 8.84. The van der Waals surface area contributed by atoms with Crippen molar-refractivity contribution in [2.45, 2.75) is 26.2 Å². The van der Waals surface area contributed by atoms with Crippen molar-refractivity contribution in [3.8, 4) is 0 Å². The molecule has 1 N–H and O–H groups in total. The van der Waals surface area contributed by atoms with Gasteiger partial charge >= 0.3 is 0 Å². The van der Waals surface area contributed by atoms with Gasteiger partial charge in [-0.25, -0.2) is 4.98 Å². The van der Waals surface area contributed by atoms with Gasteiger partial charge in [-0.2, -0.15) is 0 Å². The number of likely N-dealkylation sites (N-methyl/N-ethyl adjacent to an activating group) is 1. The Morgan fingerprint density at radius 2 is 1.65 bits per heavy atom. The highest BCUT2D eigenvalue weighted by atomic mass is 16.7. The number of aromatic nitrogens is 1. The molecule has 1 aliphatic heterocycles. The summed E-state index contributed by atoms with van der Waals surface area (Å²) in [5.74, 6) is 0.722. The number of pyridine rings is 1. The van der Waals surface area contributed by atoms with Crippen LogP contribution in [-0.2, 0) is 9.47 Å². The molecule has 1 aliphatic rings. The largest absolute Gasteiger partial charge is 0.380 e. The minimum Gasteiger partial charge on any atom is -0.380 e. The van der Waals surface area contributed by atoms with Crippen molar-refractivity contribution in [1.82, 2.24) is 14.8 Å². The summed E-state index contributed by atoms with van der Waals surface area (Å²) in [4.78, 5) is 35.9. The molecule has 2 amide bonds. The number of rotatable bonds is 9. The minimum absolute atomic E-state index is 0.0348. The lowest BCUT2D eigenvalue weighted by molar-refractivity contribution is -0.110. The molecule has 0 radical (unpaired) electrons. The van der Waals surface area contributed by atoms with Crippen molar-refractivity contribution < 1.29 is 19.1 Å². The maximum Gasteiger partial charge on any atom is 0.253 e. The van der Waals surface area contributed by atoms with Crippen LogP contribution in [0.3, 0.4) is 0 Å². The number of nitrogens with one attached hydrogen (secondary N) is 1. The van der Waals surface area contributed by atoms with Crippen molar-refractivity contribution in [1.29, 1.82) is 0 Å². The van der Waals surface area contributed by atoms with Gasteiger partial charge in [0.25, 0.3) is 11.8 Å². The minimum atomic E-state index is -0.489. The molecule has 1 aromatic carbocycles. The summed E-state index contributed by atoms with van der Waals surface area (Å²) in [5, 5.41) is 3.44. The Labute approximate surface area is 201 Å². The lowest BCUT2D eigenvalue weighted by atomic mass is 10.1. The van der Waals surface area contributed by atoms with Gasteiger partial charge in [0.05, 0.1) is 12.2 Å². The number of benzene rings is 1. The van der Waals surface area contributed by atoms with E-state index in [1.165, 1.54) is 19.1 Å². The van der Waals surface area contributed by atoms with Gasteiger partial charge in [0.2, 0.25) is 0 Å². The first kappa shape index (κ1) is 25.5. The van der Waals surface area contributed by atoms with Crippen molar-refractivity contribution >= 4 is 23.3 Å². The molecule has 0 atom stereocenters. The van der Waals surface area contributed by atoms with E-state index in [9.17, 15) is 9.59 Å². The van der Waals surface area contributed by atoms with Crippen LogP contribution in [0.2, 0.25) is 0 Å². The van der Waals surface area contributed by atoms with Crippen LogP contribution in [0.5, 0.6) is 0 Å². The van der Waals surface area contributed by atoms with Crippen molar-refractivity contribution in [3.05, 3.63) is 53.7 Å². The zero-order valence-electron chi connectivity index (χ0n) is 20.7. The lowest BCUT2D eigenvalue weighted by Crippen LogP contribution is -2.49. The normalized spacial score (nSPS) is 14.0. The Balaban J connectivity index is 1.59. The average molecular weight is 470 g/mol. The van der Waals surface area contributed by atoms with Gasteiger partial charge in [-0.05, 0) is 50.2 Å². The van der Waals surface area contributed by atoms with E-state index >= 15 is 0 Å². The van der Waals surface area contributed by atoms with Gasteiger partial charge in [0.15, 0.2) is 12.1 Å². The van der Waals surface area contributed by atoms with Gasteiger partial charge < -0.3 is 29.5 Å². The van der Waals surface area contributed by atoms with Gasteiger partial charge in [-0.15, -0.1) is 0 Å². The maximum absolute atomic E-state index is 13.0. The topological polar surface area (TPSA) is 87.2 Å². The average Bonchev–Trinajstić information content (AvgIpc) is 2.86. The summed E-state index contributed by atoms with van der Waals surface area (Å²) in [7, 11) is 4.75. The van der Waals surface area contributed by atoms with Gasteiger partial charge in [-0.1, -0.05) is 0 Å². The van der Waals surface area contributed by atoms with E-state index in [0.29, 0.717) is 49.9 Å². The molecule has 34 heavy (non-hydrogen) atoms. The smallest absolute Gasteiger partial charge is 0.253 e. The van der Waals surface area contributed by atoms with Crippen LogP contribution in [0.15, 0.2) is 42.6 Å². The summed E-state index contributed by atoms with van der Waals surface area (Å²) in [6, 6.07) is 11.1. The molecule has 3 rings (SSSR count). The number of carbonyl (C=O) groups excluding carboxylic acids is 2. The molecule has 9 nitrogen and oxygen atoms in total. The van der Waals surface area contributed by atoms with Crippen LogP contribution < -0.4 is 10.2 Å². The van der Waals surface area contributed by atoms with Crippen LogP contribution in [0, 0.1) is 0 Å². The zero-order valence-corrected chi connectivity index (χ0v) is 20.7. The third-order valence-corrected chi connectivity index (χ3v) is 5.77. The maximum atomic E-state index is 13.0. The number of hydrogen-bond acceptors (Lipinski definition) is 7. The molecule has 9 heteroatoms. The van der Waals surface area contributed by atoms with E-state index in [1.807, 2.05) is 17.0 Å². The summed E-state index contributed by atoms with van der Waals surface area (Å²) < 4.78 is 10.3. The highest BCUT2D eigenvalue weighted by Crippen LogP contribution is 2.25. The van der Waals surface area contributed by atoms with E-state index in [4.69, 9.17) is 9.47 Å². The fourth-order valence-electron chi connectivity index (χ4n) is 3.90. The van der Waals surface area contributed by atoms with E-state index < -0.39 is 6.29 Å². The molecule has 1 fully saturated rings. The molecule has 2 heterocycles. The molecular formula is C25H35N5O4. The molecule has 0 bridgehead atoms. The van der Waals surface area contributed by atoms with Crippen LogP contribution in [0.25, 0.3) is 0 Å². The number of ether oxygens (including phenoxy) is 2. The predicted molar refractivity (Wildman–Crippen MR) is 132 cm³/mol. The molecule has 0 aliphatic carbocycles. The van der Waals surface area contributed by atoms with Crippen molar-refractivity contribution in [2.24, 2.45) is 0 Å². The summed E-state index contributed by atoms with van der Waals surface area (Å²) >= 11 is 0. The standard InChI is InChI=1S/C25H35N5O4/c1-18(2)27-21-7-6-12-26-23(21)29-13-15-30(16-14-29)25(32)20-10-8-19(9-11-20)24(31)28(3)17-22(33-4)34-5/h6-12,18,22,27H,13-17H2,1-5H3. The number of anilines is 2. The fourth-order valence-corrected chi connectivity index (χ4v) is 3.90. The van der Waals surface area contributed by atoms with E-state index in [0.717, 1.165) is 11.5 Å². The van der Waals surface area contributed by atoms with Crippen LogP contribution in [0.4, 0.5) is 11.5 Å². The Morgan fingerprint density at radius 3 is 2.24 bits per heavy atom. The molecule has 1 aromatic heterocycles. The first-order valence-electron chi connectivity index (χ1n) is 11.5. The van der Waals surface area contributed by atoms with Gasteiger partial charge in [0.1, 0.15) is 0 Å². The molecule has 0 unspecified atom stereocenters. The second-order valence-electron chi connectivity index (χ2n) is 8.62. The summed E-state index contributed by atoms with van der Waals surface area (Å²) in [5.41, 5.74) is 2.08. The third kappa shape index (κ3) is 6.24. The third-order valence-electron chi connectivity index (χ3n) is 5.77. The highest BCUT2D eigenvalue weighted by Gasteiger charge is 2.25. The lowest BCUT2D eigenvalue weighted by Gasteiger charge is -2.36. The van der Waals surface area contributed by atoms with Gasteiger partial charge in [-0.3, -0.25) is 9.59 Å². The van der Waals surface area contributed by atoms with Crippen molar-refractivity contribution in [3.63, 3.8) is 0 Å². The van der Waals surface area contributed by atoms with Crippen LogP contribution in [0.1, 0.15) is 34.6 Å². The number of nitrogens with zero attached hydrogens (tertiary/aromatic N) is 4. The van der Waals surface area contributed by atoms with Crippen LogP contribution in [-0.4, -0.2) is 92.9 Å². The Morgan fingerprint density at radius 1 is 1.03 bits per heavy atom. The van der Waals surface area contributed by atoms with Crippen LogP contribution >= 0.6 is 0 Å². The second kappa shape index (κ2) is 11.8. The highest BCUT2D eigenvalue weighted by molar-refractivity contribution is 5.97. The Hall–Kier alpha value is -3.17. The van der Waals surface area contributed by atoms with Gasteiger partial charge in [0, 0.05) is 70.8 Å². The van der Waals surface area contributed by atoms with Crippen molar-refractivity contribution in [2.75, 3.05) is 64.2 Å². The van der Waals surface area contributed by atoms with E-state index in [1.54, 1.807) is 37.5 Å². The SMILES string of the molecule is COC(CN(C)C(=O)c1ccc(C(=O)N2CCN(c3ncccc3NC(C)C)CC2)cc1)OC. The van der Waals surface area contributed by atoms with E-state index in [-0.39, 0.29) is 11.8 Å². The Bertz CT molecular complexity index is 954. The molecule has 1 saturated heterocycles. The monoisotopic (exact) mass is 469 g/mol. The molecule has 2 aromatic rings. The number of methoxy groups -OCH3 is 2. The van der Waals surface area contributed by atoms with E-state index in [2.05, 4.69) is 29.0 Å². The first-order chi connectivity index (χ1) is 16.3. The second-order valence-corrected chi connectivity index (χ2v) is 8.62. The number of amides is 2. The quantitative estimate of drug-likeness (QED) is 0.565. The molecule has 0 spiro atoms. The zero-order chi connectivity index (χ0) is 24.7. The number of piperazine rings is 1. The predicted octanol–water partition coefficient (Wildman–Crippen LogP) is 2.56. The first-order valence-corrected chi connectivity index (χ1v) is 11.5. The molecule has 0 saturated carbocycles.